The molecule has 1 unspecified atom stereocenters. The van der Waals surface area contributed by atoms with Crippen molar-refractivity contribution in [2.45, 2.75) is 12.8 Å². The fraction of sp³-hybridized carbons (Fsp3) is 0.150. The van der Waals surface area contributed by atoms with Gasteiger partial charge in [-0.3, -0.25) is 14.5 Å². The van der Waals surface area contributed by atoms with Crippen molar-refractivity contribution in [3.8, 4) is 6.07 Å². The Morgan fingerprint density at radius 3 is 2.44 bits per heavy atom. The molecular weight excluding hydrogens is 314 g/mol. The average molecular weight is 329 g/mol. The van der Waals surface area contributed by atoms with Gasteiger partial charge in [0.15, 0.2) is 0 Å². The summed E-state index contributed by atoms with van der Waals surface area (Å²) in [6, 6.07) is 14.5. The molecule has 2 amide bonds. The van der Waals surface area contributed by atoms with Crippen LogP contribution in [0.2, 0.25) is 0 Å². The van der Waals surface area contributed by atoms with Gasteiger partial charge < -0.3 is 4.98 Å². The molecule has 0 spiro atoms. The summed E-state index contributed by atoms with van der Waals surface area (Å²) in [6.45, 7) is 2.28. The lowest BCUT2D eigenvalue weighted by Gasteiger charge is -2.19. The Morgan fingerprint density at radius 2 is 1.80 bits per heavy atom. The molecule has 1 atom stereocenters. The van der Waals surface area contributed by atoms with E-state index in [-0.39, 0.29) is 17.7 Å². The van der Waals surface area contributed by atoms with Crippen LogP contribution < -0.4 is 0 Å². The van der Waals surface area contributed by atoms with Gasteiger partial charge in [-0.1, -0.05) is 19.1 Å². The molecule has 0 bridgehead atoms. The number of hydrogen-bond donors (Lipinski definition) is 1. The number of benzene rings is 2. The van der Waals surface area contributed by atoms with E-state index in [1.807, 2.05) is 25.3 Å². The van der Waals surface area contributed by atoms with Gasteiger partial charge in [-0.25, -0.2) is 0 Å². The van der Waals surface area contributed by atoms with Gasteiger partial charge in [-0.15, -0.1) is 0 Å². The van der Waals surface area contributed by atoms with Crippen LogP contribution in [0.25, 0.3) is 10.9 Å². The molecule has 0 saturated carbocycles. The molecule has 122 valence electrons. The first-order chi connectivity index (χ1) is 12.1. The summed E-state index contributed by atoms with van der Waals surface area (Å²) in [5.41, 5.74) is 3.43. The average Bonchev–Trinajstić information content (AvgIpc) is 3.16. The molecule has 2 aromatic carbocycles. The molecule has 1 aromatic heterocycles. The smallest absolute Gasteiger partial charge is 0.261 e. The number of fused-ring (bicyclic) bond motifs is 2. The molecule has 0 saturated heterocycles. The minimum Gasteiger partial charge on any atom is -0.361 e. The van der Waals surface area contributed by atoms with Gasteiger partial charge in [0, 0.05) is 29.6 Å². The van der Waals surface area contributed by atoms with Crippen LogP contribution in [0.3, 0.4) is 0 Å². The van der Waals surface area contributed by atoms with E-state index in [4.69, 9.17) is 5.26 Å². The third-order valence-electron chi connectivity index (χ3n) is 4.71. The largest absolute Gasteiger partial charge is 0.361 e. The maximum atomic E-state index is 12.5. The molecule has 2 heterocycles. The van der Waals surface area contributed by atoms with Crippen molar-refractivity contribution in [1.82, 2.24) is 9.88 Å². The predicted octanol–water partition coefficient (Wildman–Crippen LogP) is 3.44. The first-order valence-electron chi connectivity index (χ1n) is 8.06. The summed E-state index contributed by atoms with van der Waals surface area (Å²) in [7, 11) is 0. The van der Waals surface area contributed by atoms with Crippen molar-refractivity contribution in [2.75, 3.05) is 6.54 Å². The van der Waals surface area contributed by atoms with E-state index < -0.39 is 0 Å². The van der Waals surface area contributed by atoms with E-state index in [9.17, 15) is 9.59 Å². The van der Waals surface area contributed by atoms with Crippen LogP contribution in [-0.4, -0.2) is 28.2 Å². The number of imide groups is 1. The molecule has 5 nitrogen and oxygen atoms in total. The van der Waals surface area contributed by atoms with Crippen molar-refractivity contribution in [2.24, 2.45) is 0 Å². The topological polar surface area (TPSA) is 77.0 Å². The Balaban J connectivity index is 1.66. The highest BCUT2D eigenvalue weighted by atomic mass is 16.2. The summed E-state index contributed by atoms with van der Waals surface area (Å²) < 4.78 is 0. The number of nitrogens with one attached hydrogen (secondary N) is 1. The molecule has 1 aliphatic heterocycles. The molecule has 0 aliphatic carbocycles. The highest BCUT2D eigenvalue weighted by Gasteiger charge is 2.36. The quantitative estimate of drug-likeness (QED) is 0.748. The van der Waals surface area contributed by atoms with Gasteiger partial charge >= 0.3 is 0 Å². The van der Waals surface area contributed by atoms with Crippen molar-refractivity contribution >= 4 is 22.7 Å². The van der Waals surface area contributed by atoms with Crippen LogP contribution in [0.5, 0.6) is 0 Å². The summed E-state index contributed by atoms with van der Waals surface area (Å²) in [6.07, 6.45) is 1.88. The van der Waals surface area contributed by atoms with Crippen LogP contribution in [-0.2, 0) is 0 Å². The number of hydrogen-bond acceptors (Lipinski definition) is 3. The molecule has 25 heavy (non-hydrogen) atoms. The third kappa shape index (κ3) is 2.31. The van der Waals surface area contributed by atoms with Crippen molar-refractivity contribution in [3.05, 3.63) is 70.9 Å². The predicted molar refractivity (Wildman–Crippen MR) is 93.2 cm³/mol. The Morgan fingerprint density at radius 1 is 1.12 bits per heavy atom. The fourth-order valence-corrected chi connectivity index (χ4v) is 3.40. The molecule has 1 aliphatic rings. The third-order valence-corrected chi connectivity index (χ3v) is 4.71. The number of nitriles is 1. The highest BCUT2D eigenvalue weighted by Crippen LogP contribution is 2.30. The van der Waals surface area contributed by atoms with Crippen LogP contribution >= 0.6 is 0 Å². The first-order valence-corrected chi connectivity index (χ1v) is 8.06. The number of carbonyl (C=O) groups is 2. The van der Waals surface area contributed by atoms with E-state index in [1.54, 1.807) is 30.3 Å². The van der Waals surface area contributed by atoms with Crippen molar-refractivity contribution in [1.29, 1.82) is 5.26 Å². The molecule has 0 fully saturated rings. The lowest BCUT2D eigenvalue weighted by Crippen LogP contribution is -2.33. The number of H-pyrrole nitrogens is 1. The van der Waals surface area contributed by atoms with Gasteiger partial charge in [0.25, 0.3) is 11.8 Å². The number of carbonyl (C=O) groups excluding carboxylic acids is 2. The van der Waals surface area contributed by atoms with E-state index in [0.29, 0.717) is 23.2 Å². The molecule has 1 N–H and O–H groups in total. The van der Waals surface area contributed by atoms with E-state index in [0.717, 1.165) is 16.5 Å². The standard InChI is InChI=1S/C20H15N3O2/c1-12(17-10-22-18-7-6-13(9-21)8-16(17)18)11-23-19(24)14-4-2-3-5-15(14)20(23)25/h2-8,10,12,22H,11H2,1H3. The Labute approximate surface area is 144 Å². The minimum absolute atomic E-state index is 0.0510. The van der Waals surface area contributed by atoms with Crippen LogP contribution in [0.1, 0.15) is 44.7 Å². The van der Waals surface area contributed by atoms with Crippen molar-refractivity contribution < 1.29 is 9.59 Å². The van der Waals surface area contributed by atoms with Gasteiger partial charge in [0.05, 0.1) is 22.8 Å². The molecule has 4 rings (SSSR count). The van der Waals surface area contributed by atoms with Gasteiger partial charge in [-0.2, -0.15) is 5.26 Å². The zero-order chi connectivity index (χ0) is 17.6. The summed E-state index contributed by atoms with van der Waals surface area (Å²) in [5.74, 6) is -0.542. The Bertz CT molecular complexity index is 1020. The van der Waals surface area contributed by atoms with Crippen molar-refractivity contribution in [3.63, 3.8) is 0 Å². The van der Waals surface area contributed by atoms with Gasteiger partial charge in [0.1, 0.15) is 0 Å². The van der Waals surface area contributed by atoms with Gasteiger partial charge in [0.2, 0.25) is 0 Å². The number of amides is 2. The number of nitrogens with zero attached hydrogens (tertiary/aromatic N) is 2. The Kier molecular flexibility index (Phi) is 3.40. The highest BCUT2D eigenvalue weighted by molar-refractivity contribution is 6.21. The SMILES string of the molecule is CC(CN1C(=O)c2ccccc2C1=O)c1c[nH]c2ccc(C#N)cc12. The number of rotatable bonds is 3. The summed E-state index contributed by atoms with van der Waals surface area (Å²) in [5, 5.41) is 10.1. The first kappa shape index (κ1) is 15.2. The van der Waals surface area contributed by atoms with Gasteiger partial charge in [-0.05, 0) is 35.9 Å². The van der Waals surface area contributed by atoms with Crippen LogP contribution in [0.15, 0.2) is 48.7 Å². The Hall–Kier alpha value is -3.39. The molecular formula is C20H15N3O2. The van der Waals surface area contributed by atoms with E-state index in [1.165, 1.54) is 4.90 Å². The monoisotopic (exact) mass is 329 g/mol. The van der Waals surface area contributed by atoms with Crippen LogP contribution in [0.4, 0.5) is 0 Å². The second-order valence-electron chi connectivity index (χ2n) is 6.28. The molecule has 0 radical (unpaired) electrons. The molecule has 5 heteroatoms. The van der Waals surface area contributed by atoms with Crippen LogP contribution in [0, 0.1) is 11.3 Å². The molecule has 3 aromatic rings. The maximum Gasteiger partial charge on any atom is 0.261 e. The fourth-order valence-electron chi connectivity index (χ4n) is 3.40. The summed E-state index contributed by atoms with van der Waals surface area (Å²) >= 11 is 0. The second-order valence-corrected chi connectivity index (χ2v) is 6.28. The number of aromatic amines is 1. The maximum absolute atomic E-state index is 12.5. The van der Waals surface area contributed by atoms with E-state index >= 15 is 0 Å². The number of aromatic nitrogens is 1. The van der Waals surface area contributed by atoms with E-state index in [2.05, 4.69) is 11.1 Å². The summed E-state index contributed by atoms with van der Waals surface area (Å²) in [4.78, 5) is 29.6. The lowest BCUT2D eigenvalue weighted by atomic mass is 9.99. The minimum atomic E-state index is -0.245. The zero-order valence-corrected chi connectivity index (χ0v) is 13.6. The normalized spacial score (nSPS) is 14.6. The zero-order valence-electron chi connectivity index (χ0n) is 13.6. The second kappa shape index (κ2) is 5.60. The lowest BCUT2D eigenvalue weighted by molar-refractivity contribution is 0.0646.